The summed E-state index contributed by atoms with van der Waals surface area (Å²) in [6.45, 7) is 2.52. The zero-order valence-electron chi connectivity index (χ0n) is 11.3. The Bertz CT molecular complexity index is 626. The summed E-state index contributed by atoms with van der Waals surface area (Å²) in [7, 11) is 0. The van der Waals surface area contributed by atoms with Gasteiger partial charge in [-0.2, -0.15) is 0 Å². The molecule has 1 amide bonds. The molecule has 20 heavy (non-hydrogen) atoms. The molecule has 0 heterocycles. The van der Waals surface area contributed by atoms with Crippen LogP contribution < -0.4 is 11.1 Å². The molecule has 2 rings (SSSR count). The van der Waals surface area contributed by atoms with E-state index >= 15 is 0 Å². The molecule has 0 fully saturated rings. The number of aryl methyl sites for hydroxylation is 1. The number of benzene rings is 2. The first-order valence-corrected chi connectivity index (χ1v) is 6.43. The zero-order valence-corrected chi connectivity index (χ0v) is 11.3. The van der Waals surface area contributed by atoms with E-state index in [1.54, 1.807) is 13.0 Å². The van der Waals surface area contributed by atoms with E-state index in [-0.39, 0.29) is 5.56 Å². The van der Waals surface area contributed by atoms with E-state index < -0.39 is 11.7 Å². The van der Waals surface area contributed by atoms with Gasteiger partial charge in [0.05, 0.1) is 5.56 Å². The van der Waals surface area contributed by atoms with Gasteiger partial charge in [0.2, 0.25) is 0 Å². The highest BCUT2D eigenvalue weighted by Gasteiger charge is 2.11. The molecule has 3 nitrogen and oxygen atoms in total. The van der Waals surface area contributed by atoms with E-state index in [2.05, 4.69) is 5.32 Å². The summed E-state index contributed by atoms with van der Waals surface area (Å²) >= 11 is 0. The monoisotopic (exact) mass is 272 g/mol. The summed E-state index contributed by atoms with van der Waals surface area (Å²) in [5.74, 6) is -0.927. The average Bonchev–Trinajstić information content (AvgIpc) is 2.45. The molecule has 0 saturated heterocycles. The Morgan fingerprint density at radius 1 is 1.20 bits per heavy atom. The molecule has 0 spiro atoms. The minimum Gasteiger partial charge on any atom is -0.348 e. The predicted octanol–water partition coefficient (Wildman–Crippen LogP) is 2.52. The van der Waals surface area contributed by atoms with Crippen LogP contribution in [0.3, 0.4) is 0 Å². The molecule has 0 aliphatic carbocycles. The number of halogens is 1. The van der Waals surface area contributed by atoms with Gasteiger partial charge in [0.25, 0.3) is 5.91 Å². The fourth-order valence-corrected chi connectivity index (χ4v) is 2.00. The SMILES string of the molecule is Cc1ccc(C(=O)NCc2ccccc2CN)c(F)c1. The number of hydrogen-bond donors (Lipinski definition) is 2. The number of nitrogens with two attached hydrogens (primary N) is 1. The first-order chi connectivity index (χ1) is 9.61. The van der Waals surface area contributed by atoms with Crippen LogP contribution in [-0.2, 0) is 13.1 Å². The second-order valence-corrected chi connectivity index (χ2v) is 4.64. The van der Waals surface area contributed by atoms with Crippen molar-refractivity contribution < 1.29 is 9.18 Å². The number of carbonyl (C=O) groups excluding carboxylic acids is 1. The van der Waals surface area contributed by atoms with Crippen molar-refractivity contribution in [3.63, 3.8) is 0 Å². The smallest absolute Gasteiger partial charge is 0.254 e. The topological polar surface area (TPSA) is 55.1 Å². The lowest BCUT2D eigenvalue weighted by molar-refractivity contribution is 0.0947. The summed E-state index contributed by atoms with van der Waals surface area (Å²) in [6, 6.07) is 12.1. The van der Waals surface area contributed by atoms with Crippen molar-refractivity contribution in [3.8, 4) is 0 Å². The second-order valence-electron chi connectivity index (χ2n) is 4.64. The van der Waals surface area contributed by atoms with Gasteiger partial charge in [-0.05, 0) is 35.7 Å². The Morgan fingerprint density at radius 2 is 1.90 bits per heavy atom. The van der Waals surface area contributed by atoms with Crippen molar-refractivity contribution in [2.24, 2.45) is 5.73 Å². The molecule has 0 aromatic heterocycles. The molecule has 0 radical (unpaired) electrons. The third-order valence-electron chi connectivity index (χ3n) is 3.15. The minimum atomic E-state index is -0.505. The molecular weight excluding hydrogens is 255 g/mol. The van der Waals surface area contributed by atoms with Crippen LogP contribution in [0.15, 0.2) is 42.5 Å². The van der Waals surface area contributed by atoms with E-state index in [9.17, 15) is 9.18 Å². The quantitative estimate of drug-likeness (QED) is 0.898. The third-order valence-corrected chi connectivity index (χ3v) is 3.15. The molecule has 0 unspecified atom stereocenters. The molecule has 0 bridgehead atoms. The van der Waals surface area contributed by atoms with Crippen molar-refractivity contribution in [1.29, 1.82) is 0 Å². The number of hydrogen-bond acceptors (Lipinski definition) is 2. The third kappa shape index (κ3) is 3.22. The van der Waals surface area contributed by atoms with Crippen LogP contribution in [0.1, 0.15) is 27.0 Å². The van der Waals surface area contributed by atoms with Crippen LogP contribution in [0, 0.1) is 12.7 Å². The summed E-state index contributed by atoms with van der Waals surface area (Å²) in [6.07, 6.45) is 0. The van der Waals surface area contributed by atoms with Crippen LogP contribution in [0.2, 0.25) is 0 Å². The Kier molecular flexibility index (Phi) is 4.48. The standard InChI is InChI=1S/C16H17FN2O/c1-11-6-7-14(15(17)8-11)16(20)19-10-13-5-3-2-4-12(13)9-18/h2-8H,9-10,18H2,1H3,(H,19,20). The van der Waals surface area contributed by atoms with Gasteiger partial charge in [-0.15, -0.1) is 0 Å². The molecular formula is C16H17FN2O. The minimum absolute atomic E-state index is 0.0563. The van der Waals surface area contributed by atoms with Gasteiger partial charge in [0.15, 0.2) is 0 Å². The van der Waals surface area contributed by atoms with Crippen molar-refractivity contribution >= 4 is 5.91 Å². The molecule has 2 aromatic carbocycles. The molecule has 0 aliphatic heterocycles. The van der Waals surface area contributed by atoms with Gasteiger partial charge in [-0.3, -0.25) is 4.79 Å². The fraction of sp³-hybridized carbons (Fsp3) is 0.188. The van der Waals surface area contributed by atoms with E-state index in [4.69, 9.17) is 5.73 Å². The predicted molar refractivity (Wildman–Crippen MR) is 76.6 cm³/mol. The van der Waals surface area contributed by atoms with E-state index in [0.29, 0.717) is 13.1 Å². The maximum absolute atomic E-state index is 13.7. The second kappa shape index (κ2) is 6.30. The van der Waals surface area contributed by atoms with E-state index in [1.807, 2.05) is 24.3 Å². The lowest BCUT2D eigenvalue weighted by Gasteiger charge is -2.10. The van der Waals surface area contributed by atoms with Crippen molar-refractivity contribution in [2.45, 2.75) is 20.0 Å². The molecule has 0 aliphatic rings. The molecule has 4 heteroatoms. The van der Waals surface area contributed by atoms with Crippen LogP contribution >= 0.6 is 0 Å². The number of carbonyl (C=O) groups is 1. The highest BCUT2D eigenvalue weighted by atomic mass is 19.1. The Balaban J connectivity index is 2.09. The molecule has 2 aromatic rings. The van der Waals surface area contributed by atoms with Gasteiger partial charge in [0.1, 0.15) is 5.82 Å². The summed E-state index contributed by atoms with van der Waals surface area (Å²) < 4.78 is 13.7. The maximum Gasteiger partial charge on any atom is 0.254 e. The molecule has 104 valence electrons. The van der Waals surface area contributed by atoms with Crippen molar-refractivity contribution in [2.75, 3.05) is 0 Å². The Labute approximate surface area is 117 Å². The lowest BCUT2D eigenvalue weighted by Crippen LogP contribution is -2.24. The van der Waals surface area contributed by atoms with Crippen LogP contribution in [0.4, 0.5) is 4.39 Å². The van der Waals surface area contributed by atoms with Gasteiger partial charge in [-0.25, -0.2) is 4.39 Å². The van der Waals surface area contributed by atoms with Gasteiger partial charge >= 0.3 is 0 Å². The first-order valence-electron chi connectivity index (χ1n) is 6.43. The molecule has 3 N–H and O–H groups in total. The normalized spacial score (nSPS) is 10.3. The van der Waals surface area contributed by atoms with E-state index in [1.165, 1.54) is 12.1 Å². The highest BCUT2D eigenvalue weighted by Crippen LogP contribution is 2.11. The lowest BCUT2D eigenvalue weighted by atomic mass is 10.1. The average molecular weight is 272 g/mol. The molecule has 0 saturated carbocycles. The number of amides is 1. The number of rotatable bonds is 4. The Morgan fingerprint density at radius 3 is 2.55 bits per heavy atom. The number of nitrogens with one attached hydrogen (secondary N) is 1. The summed E-state index contributed by atoms with van der Waals surface area (Å²) in [5, 5.41) is 2.72. The van der Waals surface area contributed by atoms with Crippen LogP contribution in [0.25, 0.3) is 0 Å². The zero-order chi connectivity index (χ0) is 14.5. The Hall–Kier alpha value is -2.20. The van der Waals surface area contributed by atoms with Gasteiger partial charge in [0, 0.05) is 13.1 Å². The maximum atomic E-state index is 13.7. The van der Waals surface area contributed by atoms with Gasteiger partial charge in [-0.1, -0.05) is 30.3 Å². The van der Waals surface area contributed by atoms with Gasteiger partial charge < -0.3 is 11.1 Å². The van der Waals surface area contributed by atoms with Crippen LogP contribution in [-0.4, -0.2) is 5.91 Å². The largest absolute Gasteiger partial charge is 0.348 e. The highest BCUT2D eigenvalue weighted by molar-refractivity contribution is 5.94. The first kappa shape index (κ1) is 14.2. The summed E-state index contributed by atoms with van der Waals surface area (Å²) in [4.78, 5) is 12.0. The summed E-state index contributed by atoms with van der Waals surface area (Å²) in [5.41, 5.74) is 8.39. The van der Waals surface area contributed by atoms with Crippen LogP contribution in [0.5, 0.6) is 0 Å². The van der Waals surface area contributed by atoms with Crippen molar-refractivity contribution in [1.82, 2.24) is 5.32 Å². The molecule has 0 atom stereocenters. The van der Waals surface area contributed by atoms with Crippen molar-refractivity contribution in [3.05, 3.63) is 70.5 Å². The van der Waals surface area contributed by atoms with E-state index in [0.717, 1.165) is 16.7 Å². The fourth-order valence-electron chi connectivity index (χ4n) is 2.00.